The number of hydrogen-bond acceptors (Lipinski definition) is 3. The van der Waals surface area contributed by atoms with Crippen LogP contribution in [0.1, 0.15) is 40.5 Å². The summed E-state index contributed by atoms with van der Waals surface area (Å²) in [5.74, 6) is 5.85. The average molecular weight is 241 g/mol. The Balaban J connectivity index is 2.35. The molecule has 0 aromatic carbocycles. The van der Waals surface area contributed by atoms with Gasteiger partial charge in [0.2, 0.25) is 5.91 Å². The summed E-state index contributed by atoms with van der Waals surface area (Å²) in [5, 5.41) is 0. The third-order valence-corrected chi connectivity index (χ3v) is 3.93. The van der Waals surface area contributed by atoms with Crippen molar-refractivity contribution in [3.8, 4) is 0 Å². The van der Waals surface area contributed by atoms with E-state index in [9.17, 15) is 4.79 Å². The molecule has 17 heavy (non-hydrogen) atoms. The number of carbonyl (C=O) groups excluding carboxylic acids is 1. The van der Waals surface area contributed by atoms with Crippen LogP contribution in [-0.4, -0.2) is 30.4 Å². The maximum atomic E-state index is 11.3. The van der Waals surface area contributed by atoms with Gasteiger partial charge in [-0.3, -0.25) is 10.2 Å². The average Bonchev–Trinajstić information content (AvgIpc) is 2.27. The smallest absolute Gasteiger partial charge is 0.237 e. The minimum atomic E-state index is -0.0667. The number of hydrogen-bond donors (Lipinski definition) is 2. The minimum absolute atomic E-state index is 0.0220. The molecule has 0 radical (unpaired) electrons. The van der Waals surface area contributed by atoms with Crippen molar-refractivity contribution in [2.45, 2.75) is 40.5 Å². The summed E-state index contributed by atoms with van der Waals surface area (Å²) in [6, 6.07) is 0. The zero-order chi connectivity index (χ0) is 13.1. The van der Waals surface area contributed by atoms with Crippen molar-refractivity contribution in [1.82, 2.24) is 10.3 Å². The topological polar surface area (TPSA) is 58.4 Å². The highest BCUT2D eigenvalue weighted by Gasteiger charge is 2.29. The van der Waals surface area contributed by atoms with Gasteiger partial charge in [-0.1, -0.05) is 27.7 Å². The summed E-state index contributed by atoms with van der Waals surface area (Å²) in [4.78, 5) is 13.7. The van der Waals surface area contributed by atoms with E-state index in [-0.39, 0.29) is 11.8 Å². The lowest BCUT2D eigenvalue weighted by Gasteiger charge is -2.39. The van der Waals surface area contributed by atoms with Gasteiger partial charge in [0.1, 0.15) is 0 Å². The number of hydrazine groups is 1. The molecule has 1 aliphatic heterocycles. The summed E-state index contributed by atoms with van der Waals surface area (Å²) in [5.41, 5.74) is 2.63. The van der Waals surface area contributed by atoms with Crippen molar-refractivity contribution in [3.63, 3.8) is 0 Å². The van der Waals surface area contributed by atoms with Crippen LogP contribution in [0.5, 0.6) is 0 Å². The zero-order valence-corrected chi connectivity index (χ0v) is 11.6. The first kappa shape index (κ1) is 14.5. The number of piperidine rings is 1. The maximum Gasteiger partial charge on any atom is 0.237 e. The lowest BCUT2D eigenvalue weighted by molar-refractivity contribution is -0.125. The Labute approximate surface area is 105 Å². The van der Waals surface area contributed by atoms with Crippen molar-refractivity contribution in [3.05, 3.63) is 0 Å². The van der Waals surface area contributed by atoms with Crippen molar-refractivity contribution in [1.29, 1.82) is 0 Å². The molecule has 1 rings (SSSR count). The number of nitrogens with two attached hydrogens (primary N) is 1. The molecule has 1 aliphatic rings. The predicted octanol–water partition coefficient (Wildman–Crippen LogP) is 1.37. The van der Waals surface area contributed by atoms with Gasteiger partial charge in [-0.25, -0.2) is 5.84 Å². The molecule has 3 N–H and O–H groups in total. The molecule has 1 fully saturated rings. The molecule has 0 aromatic rings. The lowest BCUT2D eigenvalue weighted by Crippen LogP contribution is -2.44. The summed E-state index contributed by atoms with van der Waals surface area (Å²) in [7, 11) is 0. The highest BCUT2D eigenvalue weighted by atomic mass is 16.2. The van der Waals surface area contributed by atoms with Crippen LogP contribution in [0, 0.1) is 17.3 Å². The predicted molar refractivity (Wildman–Crippen MR) is 70.1 cm³/mol. The molecule has 4 nitrogen and oxygen atoms in total. The molecule has 0 bridgehead atoms. The Hall–Kier alpha value is -0.610. The van der Waals surface area contributed by atoms with Crippen LogP contribution in [0.3, 0.4) is 0 Å². The van der Waals surface area contributed by atoms with Gasteiger partial charge in [0.05, 0.1) is 0 Å². The Morgan fingerprint density at radius 3 is 2.35 bits per heavy atom. The molecular weight excluding hydrogens is 214 g/mol. The highest BCUT2D eigenvalue weighted by Crippen LogP contribution is 2.34. The van der Waals surface area contributed by atoms with Crippen molar-refractivity contribution < 1.29 is 4.79 Å². The van der Waals surface area contributed by atoms with E-state index >= 15 is 0 Å². The fourth-order valence-electron chi connectivity index (χ4n) is 2.59. The van der Waals surface area contributed by atoms with E-state index < -0.39 is 0 Å². The largest absolute Gasteiger partial charge is 0.303 e. The van der Waals surface area contributed by atoms with Crippen LogP contribution < -0.4 is 11.3 Å². The first-order valence-corrected chi connectivity index (χ1v) is 6.57. The number of carbonyl (C=O) groups is 1. The van der Waals surface area contributed by atoms with Crippen molar-refractivity contribution >= 4 is 5.91 Å². The SMILES string of the molecule is CC(CN1CCC(C(C)(C)C)CC1)C(=O)NN. The van der Waals surface area contributed by atoms with Crippen molar-refractivity contribution in [2.75, 3.05) is 19.6 Å². The van der Waals surface area contributed by atoms with Crippen molar-refractivity contribution in [2.24, 2.45) is 23.1 Å². The van der Waals surface area contributed by atoms with Gasteiger partial charge in [-0.15, -0.1) is 0 Å². The van der Waals surface area contributed by atoms with Gasteiger partial charge in [-0.2, -0.15) is 0 Å². The molecule has 1 amide bonds. The summed E-state index contributed by atoms with van der Waals surface area (Å²) < 4.78 is 0. The molecule has 0 aliphatic carbocycles. The normalized spacial score (nSPS) is 21.2. The number of nitrogens with one attached hydrogen (secondary N) is 1. The Bertz CT molecular complexity index is 252. The fraction of sp³-hybridized carbons (Fsp3) is 0.923. The summed E-state index contributed by atoms with van der Waals surface area (Å²) >= 11 is 0. The van der Waals surface area contributed by atoms with Crippen LogP contribution in [0.2, 0.25) is 0 Å². The molecule has 4 heteroatoms. The number of nitrogens with zero attached hydrogens (tertiary/aromatic N) is 1. The second-order valence-corrected chi connectivity index (χ2v) is 6.35. The number of amides is 1. The van der Waals surface area contributed by atoms with Gasteiger partial charge in [0.25, 0.3) is 0 Å². The van der Waals surface area contributed by atoms with E-state index in [0.717, 1.165) is 25.6 Å². The minimum Gasteiger partial charge on any atom is -0.303 e. The van der Waals surface area contributed by atoms with Gasteiger partial charge >= 0.3 is 0 Å². The highest BCUT2D eigenvalue weighted by molar-refractivity contribution is 5.77. The molecule has 100 valence electrons. The van der Waals surface area contributed by atoms with Crippen LogP contribution >= 0.6 is 0 Å². The first-order chi connectivity index (χ1) is 7.84. The molecule has 1 atom stereocenters. The quantitative estimate of drug-likeness (QED) is 0.446. The summed E-state index contributed by atoms with van der Waals surface area (Å²) in [6.45, 7) is 11.9. The van der Waals surface area contributed by atoms with Crippen LogP contribution in [-0.2, 0) is 4.79 Å². The lowest BCUT2D eigenvalue weighted by atomic mass is 9.75. The molecule has 1 heterocycles. The second-order valence-electron chi connectivity index (χ2n) is 6.35. The van der Waals surface area contributed by atoms with Crippen LogP contribution in [0.4, 0.5) is 0 Å². The van der Waals surface area contributed by atoms with E-state index in [1.807, 2.05) is 6.92 Å². The van der Waals surface area contributed by atoms with Crippen LogP contribution in [0.25, 0.3) is 0 Å². The van der Waals surface area contributed by atoms with Gasteiger partial charge < -0.3 is 4.90 Å². The van der Waals surface area contributed by atoms with E-state index in [1.54, 1.807) is 0 Å². The Kier molecular flexibility index (Phi) is 4.95. The maximum absolute atomic E-state index is 11.3. The second kappa shape index (κ2) is 5.83. The third-order valence-electron chi connectivity index (χ3n) is 3.93. The third kappa shape index (κ3) is 4.28. The van der Waals surface area contributed by atoms with Gasteiger partial charge in [-0.05, 0) is 37.3 Å². The Morgan fingerprint density at radius 1 is 1.41 bits per heavy atom. The first-order valence-electron chi connectivity index (χ1n) is 6.57. The molecule has 0 aromatic heterocycles. The monoisotopic (exact) mass is 241 g/mol. The number of likely N-dealkylation sites (tertiary alicyclic amines) is 1. The molecule has 0 saturated carbocycles. The standard InChI is InChI=1S/C13H27N3O/c1-10(12(17)15-14)9-16-7-5-11(6-8-16)13(2,3)4/h10-11H,5-9,14H2,1-4H3,(H,15,17). The summed E-state index contributed by atoms with van der Waals surface area (Å²) in [6.07, 6.45) is 2.47. The zero-order valence-electron chi connectivity index (χ0n) is 11.6. The van der Waals surface area contributed by atoms with Crippen LogP contribution in [0.15, 0.2) is 0 Å². The van der Waals surface area contributed by atoms with Gasteiger partial charge in [0, 0.05) is 12.5 Å². The number of rotatable bonds is 3. The molecule has 0 spiro atoms. The molecule has 1 saturated heterocycles. The molecular formula is C13H27N3O. The van der Waals surface area contributed by atoms with E-state index in [0.29, 0.717) is 5.41 Å². The van der Waals surface area contributed by atoms with E-state index in [2.05, 4.69) is 31.1 Å². The Morgan fingerprint density at radius 2 is 1.94 bits per heavy atom. The van der Waals surface area contributed by atoms with E-state index in [4.69, 9.17) is 5.84 Å². The van der Waals surface area contributed by atoms with Gasteiger partial charge in [0.15, 0.2) is 0 Å². The fourth-order valence-corrected chi connectivity index (χ4v) is 2.59. The molecule has 1 unspecified atom stereocenters. The van der Waals surface area contributed by atoms with E-state index in [1.165, 1.54) is 12.8 Å².